The largest absolute Gasteiger partial charge is 0.455 e. The molecular weight excluding hydrogens is 229 g/mol. The summed E-state index contributed by atoms with van der Waals surface area (Å²) in [5, 5.41) is 0. The summed E-state index contributed by atoms with van der Waals surface area (Å²) in [5.74, 6) is -4.93. The van der Waals surface area contributed by atoms with Crippen LogP contribution in [0.15, 0.2) is 24.3 Å². The second-order valence-electron chi connectivity index (χ2n) is 3.51. The van der Waals surface area contributed by atoms with Crippen molar-refractivity contribution in [3.63, 3.8) is 0 Å². The monoisotopic (exact) mass is 239 g/mol. The lowest BCUT2D eigenvalue weighted by Gasteiger charge is -2.26. The summed E-state index contributed by atoms with van der Waals surface area (Å²) in [6.45, 7) is 1.59. The molecule has 1 atom stereocenters. The van der Waals surface area contributed by atoms with Crippen molar-refractivity contribution in [1.29, 1.82) is 0 Å². The number of hydrogen-bond donors (Lipinski definition) is 1. The molecule has 0 amide bonds. The van der Waals surface area contributed by atoms with E-state index in [4.69, 9.17) is 5.73 Å². The van der Waals surface area contributed by atoms with E-state index in [2.05, 4.69) is 0 Å². The van der Waals surface area contributed by atoms with Crippen LogP contribution in [0.25, 0.3) is 0 Å². The van der Waals surface area contributed by atoms with Crippen molar-refractivity contribution in [1.82, 2.24) is 0 Å². The van der Waals surface area contributed by atoms with Crippen LogP contribution < -0.4 is 5.73 Å². The molecule has 1 aromatic rings. The summed E-state index contributed by atoms with van der Waals surface area (Å²) in [7, 11) is 0. The topological polar surface area (TPSA) is 26.0 Å². The third-order valence-corrected chi connectivity index (χ3v) is 2.17. The molecule has 2 N–H and O–H groups in total. The molecule has 6 heteroatoms. The van der Waals surface area contributed by atoms with E-state index in [-0.39, 0.29) is 5.56 Å². The van der Waals surface area contributed by atoms with Crippen LogP contribution in [0.4, 0.5) is 22.0 Å². The van der Waals surface area contributed by atoms with Gasteiger partial charge in [0.25, 0.3) is 0 Å². The molecule has 1 rings (SSSR count). The summed E-state index contributed by atoms with van der Waals surface area (Å²) in [4.78, 5) is 0. The Hall–Kier alpha value is -1.17. The first kappa shape index (κ1) is 12.9. The van der Waals surface area contributed by atoms with E-state index < -0.39 is 18.1 Å². The Morgan fingerprint density at radius 2 is 1.69 bits per heavy atom. The van der Waals surface area contributed by atoms with Crippen LogP contribution in [0.2, 0.25) is 0 Å². The Morgan fingerprint density at radius 3 is 2.12 bits per heavy atom. The van der Waals surface area contributed by atoms with Crippen molar-refractivity contribution in [2.75, 3.05) is 0 Å². The maximum absolute atomic E-state index is 12.9. The van der Waals surface area contributed by atoms with Crippen molar-refractivity contribution in [2.45, 2.75) is 25.1 Å². The number of hydrogen-bond acceptors (Lipinski definition) is 1. The second-order valence-corrected chi connectivity index (χ2v) is 3.51. The molecule has 0 saturated heterocycles. The molecule has 0 radical (unpaired) electrons. The van der Waals surface area contributed by atoms with Crippen LogP contribution >= 0.6 is 0 Å². The second kappa shape index (κ2) is 4.01. The lowest BCUT2D eigenvalue weighted by atomic mass is 9.99. The molecule has 0 aliphatic rings. The van der Waals surface area contributed by atoms with Gasteiger partial charge < -0.3 is 5.73 Å². The molecule has 0 bridgehead atoms. The minimum Gasteiger partial charge on any atom is -0.319 e. The molecular formula is C10H10F5N. The number of halogens is 5. The summed E-state index contributed by atoms with van der Waals surface area (Å²) < 4.78 is 61.9. The van der Waals surface area contributed by atoms with Gasteiger partial charge in [-0.1, -0.05) is 29.8 Å². The van der Waals surface area contributed by atoms with E-state index >= 15 is 0 Å². The van der Waals surface area contributed by atoms with Gasteiger partial charge in [0.1, 0.15) is 6.04 Å². The summed E-state index contributed by atoms with van der Waals surface area (Å²) in [5.41, 5.74) is 5.30. The summed E-state index contributed by atoms with van der Waals surface area (Å²) in [6.07, 6.45) is -5.64. The first-order chi connectivity index (χ1) is 7.16. The van der Waals surface area contributed by atoms with E-state index in [9.17, 15) is 22.0 Å². The van der Waals surface area contributed by atoms with Crippen LogP contribution in [0, 0.1) is 6.92 Å². The van der Waals surface area contributed by atoms with Crippen molar-refractivity contribution in [3.8, 4) is 0 Å². The SMILES string of the molecule is Cc1cccc([C@H](N)C(F)(F)C(F)(F)F)c1. The van der Waals surface area contributed by atoms with Crippen LogP contribution in [0.1, 0.15) is 17.2 Å². The number of rotatable bonds is 2. The number of nitrogens with two attached hydrogens (primary N) is 1. The molecule has 0 saturated carbocycles. The Morgan fingerprint density at radius 1 is 1.12 bits per heavy atom. The molecule has 0 aliphatic heterocycles. The highest BCUT2D eigenvalue weighted by Gasteiger charge is 2.61. The first-order valence-electron chi connectivity index (χ1n) is 4.43. The van der Waals surface area contributed by atoms with Crippen molar-refractivity contribution in [3.05, 3.63) is 35.4 Å². The van der Waals surface area contributed by atoms with Gasteiger partial charge in [0.2, 0.25) is 0 Å². The zero-order valence-corrected chi connectivity index (χ0v) is 8.35. The van der Waals surface area contributed by atoms with Crippen LogP contribution in [-0.4, -0.2) is 12.1 Å². The minimum atomic E-state index is -5.64. The van der Waals surface area contributed by atoms with Gasteiger partial charge in [-0.25, -0.2) is 0 Å². The normalized spacial score (nSPS) is 14.9. The van der Waals surface area contributed by atoms with Crippen molar-refractivity contribution in [2.24, 2.45) is 5.73 Å². The number of benzene rings is 1. The molecule has 0 heterocycles. The summed E-state index contributed by atoms with van der Waals surface area (Å²) >= 11 is 0. The molecule has 1 aromatic carbocycles. The maximum Gasteiger partial charge on any atom is 0.455 e. The van der Waals surface area contributed by atoms with Gasteiger partial charge in [0, 0.05) is 0 Å². The fraction of sp³-hybridized carbons (Fsp3) is 0.400. The van der Waals surface area contributed by atoms with Gasteiger partial charge >= 0.3 is 12.1 Å². The van der Waals surface area contributed by atoms with E-state index in [0.29, 0.717) is 5.56 Å². The Bertz CT molecular complexity index is 372. The molecule has 0 aromatic heterocycles. The smallest absolute Gasteiger partial charge is 0.319 e. The fourth-order valence-corrected chi connectivity index (χ4v) is 1.25. The van der Waals surface area contributed by atoms with Crippen LogP contribution in [-0.2, 0) is 0 Å². The highest BCUT2D eigenvalue weighted by Crippen LogP contribution is 2.43. The van der Waals surface area contributed by atoms with Gasteiger partial charge in [0.05, 0.1) is 0 Å². The molecule has 0 unspecified atom stereocenters. The highest BCUT2D eigenvalue weighted by molar-refractivity contribution is 5.26. The molecule has 16 heavy (non-hydrogen) atoms. The summed E-state index contributed by atoms with van der Waals surface area (Å²) in [6, 6.07) is 2.95. The van der Waals surface area contributed by atoms with E-state index in [0.717, 1.165) is 6.07 Å². The van der Waals surface area contributed by atoms with Crippen molar-refractivity contribution < 1.29 is 22.0 Å². The maximum atomic E-state index is 12.9. The van der Waals surface area contributed by atoms with Gasteiger partial charge in [-0.3, -0.25) is 0 Å². The lowest BCUT2D eigenvalue weighted by molar-refractivity contribution is -0.291. The zero-order valence-electron chi connectivity index (χ0n) is 8.35. The molecule has 0 aliphatic carbocycles. The fourth-order valence-electron chi connectivity index (χ4n) is 1.25. The van der Waals surface area contributed by atoms with E-state index in [1.165, 1.54) is 12.1 Å². The highest BCUT2D eigenvalue weighted by atomic mass is 19.4. The molecule has 0 spiro atoms. The lowest BCUT2D eigenvalue weighted by Crippen LogP contribution is -2.45. The molecule has 0 fully saturated rings. The Balaban J connectivity index is 3.07. The Kier molecular flexibility index (Phi) is 3.23. The predicted octanol–water partition coefficient (Wildman–Crippen LogP) is 3.19. The van der Waals surface area contributed by atoms with Crippen LogP contribution in [0.5, 0.6) is 0 Å². The number of alkyl halides is 5. The molecule has 1 nitrogen and oxygen atoms in total. The van der Waals surface area contributed by atoms with Gasteiger partial charge in [-0.15, -0.1) is 0 Å². The van der Waals surface area contributed by atoms with Gasteiger partial charge in [-0.05, 0) is 12.5 Å². The number of aryl methyl sites for hydroxylation is 1. The van der Waals surface area contributed by atoms with Gasteiger partial charge in [0.15, 0.2) is 0 Å². The predicted molar refractivity (Wildman–Crippen MR) is 49.1 cm³/mol. The zero-order chi connectivity index (χ0) is 12.6. The standard InChI is InChI=1S/C10H10F5N/c1-6-3-2-4-7(5-6)8(16)9(11,12)10(13,14)15/h2-5,8H,16H2,1H3/t8-/m0/s1. The Labute approximate surface area is 89.1 Å². The average Bonchev–Trinajstić information content (AvgIpc) is 2.14. The molecule has 90 valence electrons. The quantitative estimate of drug-likeness (QED) is 0.788. The van der Waals surface area contributed by atoms with E-state index in [1.807, 2.05) is 0 Å². The van der Waals surface area contributed by atoms with Crippen LogP contribution in [0.3, 0.4) is 0 Å². The third-order valence-electron chi connectivity index (χ3n) is 2.17. The van der Waals surface area contributed by atoms with Crippen molar-refractivity contribution >= 4 is 0 Å². The minimum absolute atomic E-state index is 0.234. The third kappa shape index (κ3) is 2.32. The van der Waals surface area contributed by atoms with E-state index in [1.54, 1.807) is 13.0 Å². The van der Waals surface area contributed by atoms with Gasteiger partial charge in [-0.2, -0.15) is 22.0 Å². The first-order valence-corrected chi connectivity index (χ1v) is 4.43. The average molecular weight is 239 g/mol.